The van der Waals surface area contributed by atoms with Gasteiger partial charge >= 0.3 is 12.4 Å². The molecule has 0 aromatic heterocycles. The van der Waals surface area contributed by atoms with Gasteiger partial charge in [0.2, 0.25) is 6.10 Å². The van der Waals surface area contributed by atoms with Gasteiger partial charge in [-0.2, -0.15) is 26.3 Å². The monoisotopic (exact) mass is 273 g/mol. The van der Waals surface area contributed by atoms with Crippen LogP contribution in [0.5, 0.6) is 5.75 Å². The van der Waals surface area contributed by atoms with E-state index in [0.717, 1.165) is 12.1 Å². The van der Waals surface area contributed by atoms with Gasteiger partial charge < -0.3 is 10.5 Å². The lowest BCUT2D eigenvalue weighted by molar-refractivity contribution is -0.191. The summed E-state index contributed by atoms with van der Waals surface area (Å²) in [7, 11) is 0. The smallest absolute Gasteiger partial charge is 0.426 e. The molecule has 102 valence electrons. The summed E-state index contributed by atoms with van der Waals surface area (Å²) >= 11 is 0. The summed E-state index contributed by atoms with van der Waals surface area (Å²) in [5, 5.41) is 0. The molecule has 0 saturated carbocycles. The molecule has 1 unspecified atom stereocenters. The molecule has 1 aromatic carbocycles. The Morgan fingerprint density at radius 1 is 1.00 bits per heavy atom. The predicted octanol–water partition coefficient (Wildman–Crippen LogP) is 2.97. The summed E-state index contributed by atoms with van der Waals surface area (Å²) in [6, 6.07) is 2.91. The third-order valence-corrected chi connectivity index (χ3v) is 2.04. The molecule has 1 aromatic rings. The maximum absolute atomic E-state index is 12.3. The Balaban J connectivity index is 2.81. The first-order valence-corrected chi connectivity index (χ1v) is 4.75. The zero-order valence-electron chi connectivity index (χ0n) is 8.85. The van der Waals surface area contributed by atoms with E-state index in [0.29, 0.717) is 12.1 Å². The zero-order chi connectivity index (χ0) is 14.0. The highest BCUT2D eigenvalue weighted by atomic mass is 19.4. The van der Waals surface area contributed by atoms with Gasteiger partial charge in [0.1, 0.15) is 5.75 Å². The largest absolute Gasteiger partial charge is 0.480 e. The third kappa shape index (κ3) is 3.80. The molecule has 0 bridgehead atoms. The van der Waals surface area contributed by atoms with E-state index < -0.39 is 30.6 Å². The third-order valence-electron chi connectivity index (χ3n) is 2.04. The van der Waals surface area contributed by atoms with E-state index in [2.05, 4.69) is 4.74 Å². The summed E-state index contributed by atoms with van der Waals surface area (Å²) in [4.78, 5) is 0. The summed E-state index contributed by atoms with van der Waals surface area (Å²) in [6.07, 6.45) is -11.5. The molecule has 0 radical (unpaired) electrons. The lowest BCUT2D eigenvalue weighted by Gasteiger charge is -2.20. The van der Waals surface area contributed by atoms with Gasteiger partial charge in [0.05, 0.1) is 5.56 Å². The molecule has 2 N–H and O–H groups in total. The van der Waals surface area contributed by atoms with Crippen molar-refractivity contribution in [1.29, 1.82) is 0 Å². The highest BCUT2D eigenvalue weighted by molar-refractivity contribution is 5.29. The molecule has 1 rings (SSSR count). The van der Waals surface area contributed by atoms with Crippen LogP contribution in [0, 0.1) is 0 Å². The van der Waals surface area contributed by atoms with Crippen molar-refractivity contribution in [2.75, 3.05) is 6.54 Å². The topological polar surface area (TPSA) is 35.2 Å². The molecule has 1 atom stereocenters. The molecular weight excluding hydrogens is 264 g/mol. The molecule has 0 fully saturated rings. The van der Waals surface area contributed by atoms with Gasteiger partial charge in [-0.05, 0) is 24.3 Å². The summed E-state index contributed by atoms with van der Waals surface area (Å²) in [5.41, 5.74) is 3.91. The van der Waals surface area contributed by atoms with E-state index >= 15 is 0 Å². The van der Waals surface area contributed by atoms with Gasteiger partial charge in [-0.3, -0.25) is 0 Å². The van der Waals surface area contributed by atoms with E-state index in [1.807, 2.05) is 0 Å². The van der Waals surface area contributed by atoms with Crippen LogP contribution in [0.1, 0.15) is 5.56 Å². The first-order chi connectivity index (χ1) is 8.14. The Bertz CT molecular complexity index is 383. The van der Waals surface area contributed by atoms with Crippen LogP contribution < -0.4 is 10.5 Å². The normalized spacial score (nSPS) is 14.4. The fraction of sp³-hybridized carbons (Fsp3) is 0.400. The fourth-order valence-electron chi connectivity index (χ4n) is 1.14. The predicted molar refractivity (Wildman–Crippen MR) is 51.0 cm³/mol. The van der Waals surface area contributed by atoms with Crippen LogP contribution in [0.4, 0.5) is 26.3 Å². The second kappa shape index (κ2) is 5.05. The summed E-state index contributed by atoms with van der Waals surface area (Å²) in [5.74, 6) is -0.323. The second-order valence-electron chi connectivity index (χ2n) is 3.41. The Hall–Kier alpha value is -1.44. The summed E-state index contributed by atoms with van der Waals surface area (Å²) in [6.45, 7) is -0.815. The minimum Gasteiger partial charge on any atom is -0.480 e. The van der Waals surface area contributed by atoms with Crippen LogP contribution >= 0.6 is 0 Å². The number of benzene rings is 1. The lowest BCUT2D eigenvalue weighted by Crippen LogP contribution is -2.40. The van der Waals surface area contributed by atoms with E-state index in [1.54, 1.807) is 0 Å². The first kappa shape index (κ1) is 14.6. The molecule has 18 heavy (non-hydrogen) atoms. The van der Waals surface area contributed by atoms with E-state index in [9.17, 15) is 26.3 Å². The van der Waals surface area contributed by atoms with Gasteiger partial charge in [-0.15, -0.1) is 0 Å². The SMILES string of the molecule is NCC(Oc1ccc(C(F)(F)F)cc1)C(F)(F)F. The molecule has 2 nitrogen and oxygen atoms in total. The Labute approximate surface area is 98.3 Å². The van der Waals surface area contributed by atoms with Crippen molar-refractivity contribution in [3.63, 3.8) is 0 Å². The Kier molecular flexibility index (Phi) is 4.10. The molecule has 8 heteroatoms. The molecule has 0 amide bonds. The van der Waals surface area contributed by atoms with Crippen molar-refractivity contribution < 1.29 is 31.1 Å². The highest BCUT2D eigenvalue weighted by Gasteiger charge is 2.40. The molecule has 0 aliphatic carbocycles. The molecule has 0 saturated heterocycles. The van der Waals surface area contributed by atoms with Crippen LogP contribution in [0.3, 0.4) is 0 Å². The maximum Gasteiger partial charge on any atom is 0.426 e. The van der Waals surface area contributed by atoms with Crippen molar-refractivity contribution in [1.82, 2.24) is 0 Å². The fourth-order valence-corrected chi connectivity index (χ4v) is 1.14. The Morgan fingerprint density at radius 3 is 1.83 bits per heavy atom. The van der Waals surface area contributed by atoms with Crippen LogP contribution in [0.15, 0.2) is 24.3 Å². The minimum absolute atomic E-state index is 0.323. The van der Waals surface area contributed by atoms with Crippen molar-refractivity contribution in [3.05, 3.63) is 29.8 Å². The number of nitrogens with two attached hydrogens (primary N) is 1. The number of halogens is 6. The van der Waals surface area contributed by atoms with Crippen LogP contribution in [0.25, 0.3) is 0 Å². The van der Waals surface area contributed by atoms with Crippen LogP contribution in [-0.4, -0.2) is 18.8 Å². The maximum atomic E-state index is 12.3. The van der Waals surface area contributed by atoms with Crippen molar-refractivity contribution in [2.45, 2.75) is 18.5 Å². The Morgan fingerprint density at radius 2 is 1.50 bits per heavy atom. The van der Waals surface area contributed by atoms with Gasteiger partial charge in [0.25, 0.3) is 0 Å². The molecule has 0 spiro atoms. The average Bonchev–Trinajstić information content (AvgIpc) is 2.23. The van der Waals surface area contributed by atoms with Gasteiger partial charge in [-0.25, -0.2) is 0 Å². The molecule has 0 aliphatic heterocycles. The first-order valence-electron chi connectivity index (χ1n) is 4.75. The minimum atomic E-state index is -4.67. The van der Waals surface area contributed by atoms with Crippen molar-refractivity contribution in [3.8, 4) is 5.75 Å². The number of alkyl halides is 6. The number of hydrogen-bond donors (Lipinski definition) is 1. The number of rotatable bonds is 3. The molecule has 0 aliphatic rings. The quantitative estimate of drug-likeness (QED) is 0.859. The van der Waals surface area contributed by atoms with E-state index in [4.69, 9.17) is 5.73 Å². The molecular formula is C10H9F6NO. The van der Waals surface area contributed by atoms with Crippen molar-refractivity contribution >= 4 is 0 Å². The van der Waals surface area contributed by atoms with Crippen molar-refractivity contribution in [2.24, 2.45) is 5.73 Å². The highest BCUT2D eigenvalue weighted by Crippen LogP contribution is 2.31. The van der Waals surface area contributed by atoms with E-state index in [-0.39, 0.29) is 5.75 Å². The van der Waals surface area contributed by atoms with Gasteiger partial charge in [0, 0.05) is 6.54 Å². The lowest BCUT2D eigenvalue weighted by atomic mass is 10.2. The number of hydrogen-bond acceptors (Lipinski definition) is 2. The van der Waals surface area contributed by atoms with Gasteiger partial charge in [-0.1, -0.05) is 0 Å². The van der Waals surface area contributed by atoms with Gasteiger partial charge in [0.15, 0.2) is 0 Å². The standard InChI is InChI=1S/C10H9F6NO/c11-9(12,13)6-1-3-7(4-2-6)18-8(5-17)10(14,15)16/h1-4,8H,5,17H2. The van der Waals surface area contributed by atoms with E-state index in [1.165, 1.54) is 0 Å². The van der Waals surface area contributed by atoms with Crippen LogP contribution in [0.2, 0.25) is 0 Å². The average molecular weight is 273 g/mol. The van der Waals surface area contributed by atoms with Crippen LogP contribution in [-0.2, 0) is 6.18 Å². The zero-order valence-corrected chi connectivity index (χ0v) is 8.85. The summed E-state index contributed by atoms with van der Waals surface area (Å²) < 4.78 is 77.9. The number of ether oxygens (including phenoxy) is 1. The molecule has 0 heterocycles. The second-order valence-corrected chi connectivity index (χ2v) is 3.41.